The Morgan fingerprint density at radius 2 is 2.22 bits per heavy atom. The molecule has 2 N–H and O–H groups in total. The van der Waals surface area contributed by atoms with Crippen LogP contribution < -0.4 is 10.6 Å². The van der Waals surface area contributed by atoms with Gasteiger partial charge in [-0.2, -0.15) is 0 Å². The van der Waals surface area contributed by atoms with Gasteiger partial charge in [-0.1, -0.05) is 6.07 Å². The first-order valence-corrected chi connectivity index (χ1v) is 6.38. The number of rotatable bonds is 2. The van der Waals surface area contributed by atoms with Crippen LogP contribution in [0.1, 0.15) is 15.2 Å². The first-order valence-electron chi connectivity index (χ1n) is 5.50. The molecule has 18 heavy (non-hydrogen) atoms. The number of anilines is 2. The summed E-state index contributed by atoms with van der Waals surface area (Å²) in [6.07, 6.45) is 0.373. The Hall–Kier alpha value is -2.14. The molecule has 5 heteroatoms. The number of nitrogens with one attached hydrogen (secondary N) is 2. The Morgan fingerprint density at radius 3 is 3.00 bits per heavy atom. The normalized spacial score (nSPS) is 13.0. The van der Waals surface area contributed by atoms with E-state index in [9.17, 15) is 9.59 Å². The smallest absolute Gasteiger partial charge is 0.265 e. The van der Waals surface area contributed by atoms with Crippen LogP contribution in [0.2, 0.25) is 0 Å². The van der Waals surface area contributed by atoms with E-state index in [1.54, 1.807) is 12.1 Å². The van der Waals surface area contributed by atoms with Gasteiger partial charge in [0, 0.05) is 11.4 Å². The first-order chi connectivity index (χ1) is 8.72. The van der Waals surface area contributed by atoms with Crippen molar-refractivity contribution in [3.05, 3.63) is 46.2 Å². The fourth-order valence-electron chi connectivity index (χ4n) is 1.91. The van der Waals surface area contributed by atoms with E-state index >= 15 is 0 Å². The Bertz CT molecular complexity index is 620. The highest BCUT2D eigenvalue weighted by molar-refractivity contribution is 7.12. The van der Waals surface area contributed by atoms with Crippen LogP contribution >= 0.6 is 11.3 Å². The Kier molecular flexibility index (Phi) is 2.60. The monoisotopic (exact) mass is 258 g/mol. The summed E-state index contributed by atoms with van der Waals surface area (Å²) in [6, 6.07) is 9.04. The molecule has 0 atom stereocenters. The largest absolute Gasteiger partial charge is 0.326 e. The fraction of sp³-hybridized carbons (Fsp3) is 0.0769. The van der Waals surface area contributed by atoms with Crippen LogP contribution in [0.5, 0.6) is 0 Å². The van der Waals surface area contributed by atoms with Crippen molar-refractivity contribution in [2.24, 2.45) is 0 Å². The number of amides is 2. The topological polar surface area (TPSA) is 58.2 Å². The third-order valence-corrected chi connectivity index (χ3v) is 3.60. The van der Waals surface area contributed by atoms with Crippen LogP contribution in [-0.4, -0.2) is 11.8 Å². The molecule has 0 unspecified atom stereocenters. The van der Waals surface area contributed by atoms with Crippen LogP contribution in [0, 0.1) is 0 Å². The minimum atomic E-state index is -0.123. The number of hydrogen-bond acceptors (Lipinski definition) is 3. The van der Waals surface area contributed by atoms with E-state index in [-0.39, 0.29) is 11.8 Å². The van der Waals surface area contributed by atoms with Gasteiger partial charge in [-0.3, -0.25) is 9.59 Å². The third-order valence-electron chi connectivity index (χ3n) is 2.73. The van der Waals surface area contributed by atoms with Crippen molar-refractivity contribution in [3.63, 3.8) is 0 Å². The molecule has 0 fully saturated rings. The molecular formula is C13H10N2O2S. The van der Waals surface area contributed by atoms with Gasteiger partial charge in [0.15, 0.2) is 0 Å². The molecular weight excluding hydrogens is 248 g/mol. The number of benzene rings is 1. The molecule has 1 aromatic heterocycles. The zero-order valence-corrected chi connectivity index (χ0v) is 10.2. The first kappa shape index (κ1) is 11.0. The molecule has 0 aliphatic carbocycles. The molecule has 0 saturated carbocycles. The van der Waals surface area contributed by atoms with E-state index in [2.05, 4.69) is 10.6 Å². The summed E-state index contributed by atoms with van der Waals surface area (Å²) in [5, 5.41) is 7.44. The van der Waals surface area contributed by atoms with Gasteiger partial charge in [0.25, 0.3) is 5.91 Å². The fourth-order valence-corrected chi connectivity index (χ4v) is 2.53. The average Bonchev–Trinajstić information content (AvgIpc) is 2.95. The van der Waals surface area contributed by atoms with Crippen molar-refractivity contribution in [2.75, 3.05) is 10.6 Å². The second-order valence-corrected chi connectivity index (χ2v) is 4.98. The predicted molar refractivity (Wildman–Crippen MR) is 71.0 cm³/mol. The van der Waals surface area contributed by atoms with Crippen molar-refractivity contribution < 1.29 is 9.59 Å². The lowest BCUT2D eigenvalue weighted by molar-refractivity contribution is -0.115. The minimum Gasteiger partial charge on any atom is -0.326 e. The highest BCUT2D eigenvalue weighted by Crippen LogP contribution is 2.26. The van der Waals surface area contributed by atoms with E-state index in [0.717, 1.165) is 11.3 Å². The third kappa shape index (κ3) is 2.00. The van der Waals surface area contributed by atoms with Crippen molar-refractivity contribution in [1.82, 2.24) is 0 Å². The summed E-state index contributed by atoms with van der Waals surface area (Å²) in [7, 11) is 0. The van der Waals surface area contributed by atoms with Crippen molar-refractivity contribution in [3.8, 4) is 0 Å². The summed E-state index contributed by atoms with van der Waals surface area (Å²) in [5.74, 6) is -0.131. The zero-order chi connectivity index (χ0) is 12.5. The van der Waals surface area contributed by atoms with Gasteiger partial charge in [0.2, 0.25) is 5.91 Å². The number of fused-ring (bicyclic) bond motifs is 1. The molecule has 1 aromatic carbocycles. The van der Waals surface area contributed by atoms with Crippen LogP contribution in [0.25, 0.3) is 0 Å². The molecule has 4 nitrogen and oxygen atoms in total. The predicted octanol–water partition coefficient (Wildman–Crippen LogP) is 2.50. The quantitative estimate of drug-likeness (QED) is 0.869. The standard InChI is InChI=1S/C13H10N2O2S/c16-12-7-8-6-9(3-4-10(8)15-12)14-13(17)11-2-1-5-18-11/h1-6H,7H2,(H,14,17)(H,15,16). The molecule has 90 valence electrons. The summed E-state index contributed by atoms with van der Waals surface area (Å²) >= 11 is 1.40. The van der Waals surface area contributed by atoms with E-state index < -0.39 is 0 Å². The van der Waals surface area contributed by atoms with Crippen LogP contribution in [0.3, 0.4) is 0 Å². The van der Waals surface area contributed by atoms with Gasteiger partial charge < -0.3 is 10.6 Å². The van der Waals surface area contributed by atoms with Crippen LogP contribution in [0.15, 0.2) is 35.7 Å². The summed E-state index contributed by atoms with van der Waals surface area (Å²) in [5.41, 5.74) is 2.46. The van der Waals surface area contributed by atoms with Gasteiger partial charge in [0.1, 0.15) is 0 Å². The molecule has 1 aliphatic heterocycles. The number of thiophene rings is 1. The summed E-state index contributed by atoms with van der Waals surface area (Å²) < 4.78 is 0. The maximum absolute atomic E-state index is 11.9. The SMILES string of the molecule is O=C1Cc2cc(NC(=O)c3cccs3)ccc2N1. The lowest BCUT2D eigenvalue weighted by Crippen LogP contribution is -2.10. The molecule has 1 aliphatic rings. The van der Waals surface area contributed by atoms with E-state index in [0.29, 0.717) is 17.0 Å². The molecule has 0 radical (unpaired) electrons. The second kappa shape index (κ2) is 4.27. The summed E-state index contributed by atoms with van der Waals surface area (Å²) in [4.78, 5) is 23.8. The highest BCUT2D eigenvalue weighted by Gasteiger charge is 2.18. The molecule has 2 amide bonds. The lowest BCUT2D eigenvalue weighted by atomic mass is 10.1. The van der Waals surface area contributed by atoms with E-state index in [1.165, 1.54) is 11.3 Å². The van der Waals surface area contributed by atoms with E-state index in [1.807, 2.05) is 23.6 Å². The maximum atomic E-state index is 11.9. The van der Waals surface area contributed by atoms with E-state index in [4.69, 9.17) is 0 Å². The van der Waals surface area contributed by atoms with Crippen molar-refractivity contribution >= 4 is 34.5 Å². The molecule has 0 bridgehead atoms. The molecule has 2 aromatic rings. The Labute approximate surface area is 108 Å². The van der Waals surface area contributed by atoms with Crippen molar-refractivity contribution in [1.29, 1.82) is 0 Å². The zero-order valence-electron chi connectivity index (χ0n) is 9.40. The number of carbonyl (C=O) groups excluding carboxylic acids is 2. The van der Waals surface area contributed by atoms with Gasteiger partial charge in [-0.25, -0.2) is 0 Å². The van der Waals surface area contributed by atoms with Crippen LogP contribution in [-0.2, 0) is 11.2 Å². The average molecular weight is 258 g/mol. The Morgan fingerprint density at radius 1 is 1.33 bits per heavy atom. The van der Waals surface area contributed by atoms with Gasteiger partial charge in [0.05, 0.1) is 11.3 Å². The van der Waals surface area contributed by atoms with Crippen LogP contribution in [0.4, 0.5) is 11.4 Å². The van der Waals surface area contributed by atoms with Crippen molar-refractivity contribution in [2.45, 2.75) is 6.42 Å². The molecule has 3 rings (SSSR count). The molecule has 2 heterocycles. The maximum Gasteiger partial charge on any atom is 0.265 e. The Balaban J connectivity index is 1.80. The summed E-state index contributed by atoms with van der Waals surface area (Å²) in [6.45, 7) is 0. The minimum absolute atomic E-state index is 0.00765. The number of hydrogen-bond donors (Lipinski definition) is 2. The lowest BCUT2D eigenvalue weighted by Gasteiger charge is -2.05. The van der Waals surface area contributed by atoms with Gasteiger partial charge in [-0.05, 0) is 35.2 Å². The van der Waals surface area contributed by atoms with Gasteiger partial charge >= 0.3 is 0 Å². The second-order valence-electron chi connectivity index (χ2n) is 4.03. The molecule has 0 spiro atoms. The highest BCUT2D eigenvalue weighted by atomic mass is 32.1. The number of carbonyl (C=O) groups is 2. The van der Waals surface area contributed by atoms with Gasteiger partial charge in [-0.15, -0.1) is 11.3 Å². The molecule has 0 saturated heterocycles.